The molecule has 2 N–H and O–H groups in total. The molecule has 128 valence electrons. The average Bonchev–Trinajstić information content (AvgIpc) is 2.96. The molecule has 1 heterocycles. The fraction of sp³-hybridized carbons (Fsp3) is 0.125. The Hall–Kier alpha value is -2.58. The number of H-pyrrole nitrogens is 1. The van der Waals surface area contributed by atoms with E-state index in [1.807, 2.05) is 0 Å². The molecule has 0 spiro atoms. The molecule has 0 aliphatic rings. The molecule has 1 amide bonds. The number of hydrogen-bond donors (Lipinski definition) is 2. The minimum atomic E-state index is -0.473. The number of rotatable bonds is 5. The number of nitrogens with zero attached hydrogens (tertiary/aromatic N) is 2. The van der Waals surface area contributed by atoms with E-state index in [2.05, 4.69) is 15.3 Å². The van der Waals surface area contributed by atoms with Gasteiger partial charge < -0.3 is 10.3 Å². The Morgan fingerprint density at radius 2 is 2.20 bits per heavy atom. The van der Waals surface area contributed by atoms with E-state index in [-0.39, 0.29) is 17.3 Å². The summed E-state index contributed by atoms with van der Waals surface area (Å²) >= 11 is 7.17. The molecular weight excluding hydrogens is 364 g/mol. The van der Waals surface area contributed by atoms with Crippen LogP contribution >= 0.6 is 23.4 Å². The number of aromatic nitrogens is 2. The predicted octanol–water partition coefficient (Wildman–Crippen LogP) is 4.16. The third kappa shape index (κ3) is 3.92. The Bertz CT molecular complexity index is 973. The second-order valence-corrected chi connectivity index (χ2v) is 6.65. The Balaban J connectivity index is 1.66. The van der Waals surface area contributed by atoms with Crippen LogP contribution in [0.4, 0.5) is 11.4 Å². The number of amides is 1. The minimum absolute atomic E-state index is 0.0281. The van der Waals surface area contributed by atoms with Gasteiger partial charge in [0, 0.05) is 11.1 Å². The molecule has 25 heavy (non-hydrogen) atoms. The van der Waals surface area contributed by atoms with Crippen molar-refractivity contribution in [1.82, 2.24) is 9.97 Å². The van der Waals surface area contributed by atoms with E-state index in [1.165, 1.54) is 23.9 Å². The van der Waals surface area contributed by atoms with Gasteiger partial charge >= 0.3 is 0 Å². The van der Waals surface area contributed by atoms with Gasteiger partial charge in [-0.05, 0) is 31.2 Å². The molecule has 0 aliphatic heterocycles. The summed E-state index contributed by atoms with van der Waals surface area (Å²) < 4.78 is 0. The van der Waals surface area contributed by atoms with Crippen molar-refractivity contribution in [3.63, 3.8) is 0 Å². The van der Waals surface area contributed by atoms with Gasteiger partial charge in [0.15, 0.2) is 5.16 Å². The maximum absolute atomic E-state index is 12.1. The van der Waals surface area contributed by atoms with E-state index in [0.29, 0.717) is 21.4 Å². The van der Waals surface area contributed by atoms with E-state index >= 15 is 0 Å². The molecule has 2 aromatic carbocycles. The van der Waals surface area contributed by atoms with Crippen molar-refractivity contribution >= 4 is 51.7 Å². The normalized spacial score (nSPS) is 10.8. The molecule has 3 rings (SSSR count). The minimum Gasteiger partial charge on any atom is -0.333 e. The number of anilines is 1. The summed E-state index contributed by atoms with van der Waals surface area (Å²) in [6, 6.07) is 9.88. The van der Waals surface area contributed by atoms with Crippen LogP contribution in [-0.4, -0.2) is 26.6 Å². The SMILES string of the molecule is Cc1c(NC(=O)CSc2nc3ccc(Cl)cc3[nH]2)cccc1[N+](=O)[O-]. The molecule has 7 nitrogen and oxygen atoms in total. The van der Waals surface area contributed by atoms with Crippen molar-refractivity contribution < 1.29 is 9.72 Å². The van der Waals surface area contributed by atoms with Crippen LogP contribution in [0.1, 0.15) is 5.56 Å². The van der Waals surface area contributed by atoms with Crippen molar-refractivity contribution in [3.8, 4) is 0 Å². The van der Waals surface area contributed by atoms with Crippen LogP contribution in [0.15, 0.2) is 41.6 Å². The van der Waals surface area contributed by atoms with E-state index in [4.69, 9.17) is 11.6 Å². The van der Waals surface area contributed by atoms with Crippen LogP contribution in [-0.2, 0) is 4.79 Å². The average molecular weight is 377 g/mol. The summed E-state index contributed by atoms with van der Waals surface area (Å²) in [4.78, 5) is 30.1. The van der Waals surface area contributed by atoms with E-state index < -0.39 is 4.92 Å². The lowest BCUT2D eigenvalue weighted by atomic mass is 10.1. The van der Waals surface area contributed by atoms with Crippen LogP contribution in [0.3, 0.4) is 0 Å². The molecule has 0 saturated carbocycles. The lowest BCUT2D eigenvalue weighted by Crippen LogP contribution is -2.15. The van der Waals surface area contributed by atoms with Crippen LogP contribution in [0, 0.1) is 17.0 Å². The second-order valence-electron chi connectivity index (χ2n) is 5.25. The summed E-state index contributed by atoms with van der Waals surface area (Å²) in [5.41, 5.74) is 2.38. The molecule has 9 heteroatoms. The summed E-state index contributed by atoms with van der Waals surface area (Å²) in [5.74, 6) is -0.150. The zero-order valence-electron chi connectivity index (χ0n) is 13.1. The number of benzene rings is 2. The third-order valence-corrected chi connectivity index (χ3v) is 4.65. The maximum atomic E-state index is 12.1. The van der Waals surface area contributed by atoms with Crippen LogP contribution in [0.2, 0.25) is 5.02 Å². The lowest BCUT2D eigenvalue weighted by molar-refractivity contribution is -0.385. The first-order valence-electron chi connectivity index (χ1n) is 7.26. The Kier molecular flexibility index (Phi) is 4.91. The standard InChI is InChI=1S/C16H13ClN4O3S/c1-9-11(3-2-4-14(9)21(23)24)18-15(22)8-25-16-19-12-6-5-10(17)7-13(12)20-16/h2-7H,8H2,1H3,(H,18,22)(H,19,20). The lowest BCUT2D eigenvalue weighted by Gasteiger charge is -2.07. The Morgan fingerprint density at radius 1 is 1.40 bits per heavy atom. The van der Waals surface area contributed by atoms with Crippen LogP contribution in [0.25, 0.3) is 11.0 Å². The van der Waals surface area contributed by atoms with Crippen molar-refractivity contribution in [1.29, 1.82) is 0 Å². The number of imidazole rings is 1. The first-order valence-corrected chi connectivity index (χ1v) is 8.62. The molecule has 0 aliphatic carbocycles. The molecule has 0 radical (unpaired) electrons. The largest absolute Gasteiger partial charge is 0.333 e. The first kappa shape index (κ1) is 17.2. The molecule has 0 fully saturated rings. The number of thioether (sulfide) groups is 1. The van der Waals surface area contributed by atoms with Gasteiger partial charge in [0.1, 0.15) is 0 Å². The van der Waals surface area contributed by atoms with Gasteiger partial charge in [-0.25, -0.2) is 4.98 Å². The highest BCUT2D eigenvalue weighted by Gasteiger charge is 2.15. The van der Waals surface area contributed by atoms with E-state index in [9.17, 15) is 14.9 Å². The number of nitro groups is 1. The van der Waals surface area contributed by atoms with Gasteiger partial charge in [-0.15, -0.1) is 0 Å². The summed E-state index contributed by atoms with van der Waals surface area (Å²) in [6.45, 7) is 1.60. The number of fused-ring (bicyclic) bond motifs is 1. The number of hydrogen-bond acceptors (Lipinski definition) is 5. The second kappa shape index (κ2) is 7.12. The van der Waals surface area contributed by atoms with Gasteiger partial charge in [0.25, 0.3) is 5.69 Å². The first-order chi connectivity index (χ1) is 11.9. The Labute approximate surface area is 151 Å². The number of halogens is 1. The van der Waals surface area contributed by atoms with Gasteiger partial charge in [-0.1, -0.05) is 29.4 Å². The highest BCUT2D eigenvalue weighted by Crippen LogP contribution is 2.26. The van der Waals surface area contributed by atoms with Crippen molar-refractivity contribution in [2.75, 3.05) is 11.1 Å². The number of carbonyl (C=O) groups excluding carboxylic acids is 1. The van der Waals surface area contributed by atoms with Crippen LogP contribution < -0.4 is 5.32 Å². The number of nitrogens with one attached hydrogen (secondary N) is 2. The fourth-order valence-corrected chi connectivity index (χ4v) is 3.16. The van der Waals surface area contributed by atoms with Gasteiger partial charge in [-0.3, -0.25) is 14.9 Å². The fourth-order valence-electron chi connectivity index (χ4n) is 2.30. The number of carbonyl (C=O) groups is 1. The predicted molar refractivity (Wildman–Crippen MR) is 98.3 cm³/mol. The zero-order valence-corrected chi connectivity index (χ0v) is 14.6. The van der Waals surface area contributed by atoms with Gasteiger partial charge in [-0.2, -0.15) is 0 Å². The molecule has 3 aromatic rings. The topological polar surface area (TPSA) is 101 Å². The highest BCUT2D eigenvalue weighted by atomic mass is 35.5. The van der Waals surface area contributed by atoms with Gasteiger partial charge in [0.2, 0.25) is 5.91 Å². The Morgan fingerprint density at radius 3 is 2.96 bits per heavy atom. The molecule has 0 atom stereocenters. The van der Waals surface area contributed by atoms with Crippen molar-refractivity contribution in [2.24, 2.45) is 0 Å². The summed E-state index contributed by atoms with van der Waals surface area (Å²) in [6.07, 6.45) is 0. The van der Waals surface area contributed by atoms with Crippen LogP contribution in [0.5, 0.6) is 0 Å². The molecule has 1 aromatic heterocycles. The third-order valence-electron chi connectivity index (χ3n) is 3.54. The van der Waals surface area contributed by atoms with E-state index in [0.717, 1.165) is 11.0 Å². The van der Waals surface area contributed by atoms with Gasteiger partial charge in [0.05, 0.1) is 33.0 Å². The molecule has 0 bridgehead atoms. The molecule has 0 unspecified atom stereocenters. The van der Waals surface area contributed by atoms with Crippen molar-refractivity contribution in [3.05, 3.63) is 57.1 Å². The van der Waals surface area contributed by atoms with E-state index in [1.54, 1.807) is 31.2 Å². The monoisotopic (exact) mass is 376 g/mol. The highest BCUT2D eigenvalue weighted by molar-refractivity contribution is 7.99. The maximum Gasteiger partial charge on any atom is 0.274 e. The quantitative estimate of drug-likeness (QED) is 0.395. The number of aromatic amines is 1. The van der Waals surface area contributed by atoms with Crippen molar-refractivity contribution in [2.45, 2.75) is 12.1 Å². The summed E-state index contributed by atoms with van der Waals surface area (Å²) in [7, 11) is 0. The molecular formula is C16H13ClN4O3S. The number of nitro benzene ring substituents is 1. The smallest absolute Gasteiger partial charge is 0.274 e. The summed E-state index contributed by atoms with van der Waals surface area (Å²) in [5, 5.41) is 14.8. The molecule has 0 saturated heterocycles. The zero-order chi connectivity index (χ0) is 18.0.